The first kappa shape index (κ1) is 21.2. The van der Waals surface area contributed by atoms with Crippen molar-refractivity contribution in [3.8, 4) is 0 Å². The van der Waals surface area contributed by atoms with Gasteiger partial charge >= 0.3 is 0 Å². The Balaban J connectivity index is 3.81. The second kappa shape index (κ2) is 18.3. The largest absolute Gasteiger partial charge is 0.396 e. The van der Waals surface area contributed by atoms with Crippen molar-refractivity contribution >= 4 is 5.96 Å². The van der Waals surface area contributed by atoms with E-state index in [1.54, 1.807) is 0 Å². The molecule has 0 rings (SSSR count). The van der Waals surface area contributed by atoms with Crippen molar-refractivity contribution in [1.29, 1.82) is 0 Å². The minimum Gasteiger partial charge on any atom is -0.396 e. The van der Waals surface area contributed by atoms with E-state index < -0.39 is 0 Å². The minimum absolute atomic E-state index is 0.230. The smallest absolute Gasteiger partial charge is 0.191 e. The first-order valence-corrected chi connectivity index (χ1v) is 9.48. The summed E-state index contributed by atoms with van der Waals surface area (Å²) in [6.07, 6.45) is 13.6. The van der Waals surface area contributed by atoms with E-state index in [0.717, 1.165) is 32.0 Å². The summed E-state index contributed by atoms with van der Waals surface area (Å²) in [6.45, 7) is 7.39. The van der Waals surface area contributed by atoms with Gasteiger partial charge in [-0.3, -0.25) is 4.99 Å². The predicted molar refractivity (Wildman–Crippen MR) is 97.5 cm³/mol. The van der Waals surface area contributed by atoms with E-state index in [0.29, 0.717) is 0 Å². The summed E-state index contributed by atoms with van der Waals surface area (Å²) in [5, 5.41) is 15.6. The third-order valence-corrected chi connectivity index (χ3v) is 3.73. The number of guanidine groups is 1. The number of aliphatic hydroxyl groups excluding tert-OH is 1. The highest BCUT2D eigenvalue weighted by Gasteiger charge is 1.98. The molecule has 4 nitrogen and oxygen atoms in total. The van der Waals surface area contributed by atoms with E-state index in [1.807, 2.05) is 0 Å². The van der Waals surface area contributed by atoms with Crippen LogP contribution in [-0.2, 0) is 0 Å². The Morgan fingerprint density at radius 3 is 1.91 bits per heavy atom. The quantitative estimate of drug-likeness (QED) is 0.244. The van der Waals surface area contributed by atoms with Crippen LogP contribution in [0.4, 0.5) is 0 Å². The molecule has 0 bridgehead atoms. The second-order valence-corrected chi connectivity index (χ2v) is 5.99. The van der Waals surface area contributed by atoms with Gasteiger partial charge in [0.25, 0.3) is 0 Å². The second-order valence-electron chi connectivity index (χ2n) is 5.99. The zero-order valence-electron chi connectivity index (χ0n) is 15.0. The normalized spacial score (nSPS) is 11.7. The standard InChI is InChI=1S/C18H39N3O/c1-3-5-7-9-10-12-15-20-18(21-16-13-17-22)19-14-11-8-6-4-2/h22H,3-17H2,1-2H3,(H2,19,20,21). The molecule has 4 heteroatoms. The summed E-state index contributed by atoms with van der Waals surface area (Å²) in [5.41, 5.74) is 0. The van der Waals surface area contributed by atoms with Crippen molar-refractivity contribution in [2.24, 2.45) is 4.99 Å². The Bertz CT molecular complexity index is 244. The number of hydrogen-bond acceptors (Lipinski definition) is 2. The number of hydrogen-bond donors (Lipinski definition) is 3. The SMILES string of the molecule is CCCCCCCC/N=C(/NCCCO)NCCCCCC. The Labute approximate surface area is 138 Å². The van der Waals surface area contributed by atoms with Crippen molar-refractivity contribution < 1.29 is 5.11 Å². The molecule has 22 heavy (non-hydrogen) atoms. The zero-order chi connectivity index (χ0) is 16.3. The highest BCUT2D eigenvalue weighted by Crippen LogP contribution is 2.04. The molecule has 0 fully saturated rings. The maximum absolute atomic E-state index is 8.87. The Kier molecular flexibility index (Phi) is 17.6. The summed E-state index contributed by atoms with van der Waals surface area (Å²) in [6, 6.07) is 0. The van der Waals surface area contributed by atoms with Crippen LogP contribution < -0.4 is 10.6 Å². The van der Waals surface area contributed by atoms with Crippen LogP contribution in [0.3, 0.4) is 0 Å². The van der Waals surface area contributed by atoms with Gasteiger partial charge in [0.15, 0.2) is 5.96 Å². The van der Waals surface area contributed by atoms with Crippen LogP contribution >= 0.6 is 0 Å². The number of aliphatic hydroxyl groups is 1. The van der Waals surface area contributed by atoms with E-state index in [-0.39, 0.29) is 6.61 Å². The summed E-state index contributed by atoms with van der Waals surface area (Å²) in [5.74, 6) is 0.915. The number of nitrogens with zero attached hydrogens (tertiary/aromatic N) is 1. The highest BCUT2D eigenvalue weighted by atomic mass is 16.3. The van der Waals surface area contributed by atoms with Gasteiger partial charge in [0, 0.05) is 26.2 Å². The summed E-state index contributed by atoms with van der Waals surface area (Å²) in [4.78, 5) is 4.64. The van der Waals surface area contributed by atoms with Crippen LogP contribution in [-0.4, -0.2) is 37.3 Å². The average Bonchev–Trinajstić information content (AvgIpc) is 2.53. The first-order valence-electron chi connectivity index (χ1n) is 9.48. The molecular weight excluding hydrogens is 274 g/mol. The fourth-order valence-electron chi connectivity index (χ4n) is 2.30. The molecule has 0 atom stereocenters. The van der Waals surface area contributed by atoms with E-state index in [2.05, 4.69) is 29.5 Å². The monoisotopic (exact) mass is 313 g/mol. The van der Waals surface area contributed by atoms with Crippen molar-refractivity contribution in [1.82, 2.24) is 10.6 Å². The summed E-state index contributed by atoms with van der Waals surface area (Å²) >= 11 is 0. The van der Waals surface area contributed by atoms with Gasteiger partial charge in [-0.25, -0.2) is 0 Å². The molecule has 132 valence electrons. The number of unbranched alkanes of at least 4 members (excludes halogenated alkanes) is 8. The number of nitrogens with one attached hydrogen (secondary N) is 2. The third kappa shape index (κ3) is 15.6. The highest BCUT2D eigenvalue weighted by molar-refractivity contribution is 5.79. The van der Waals surface area contributed by atoms with Crippen molar-refractivity contribution in [3.05, 3.63) is 0 Å². The molecule has 0 saturated heterocycles. The lowest BCUT2D eigenvalue weighted by atomic mass is 10.1. The molecule has 0 radical (unpaired) electrons. The summed E-state index contributed by atoms with van der Waals surface area (Å²) in [7, 11) is 0. The van der Waals surface area contributed by atoms with Gasteiger partial charge in [0.2, 0.25) is 0 Å². The fraction of sp³-hybridized carbons (Fsp3) is 0.944. The van der Waals surface area contributed by atoms with Crippen LogP contribution in [0.5, 0.6) is 0 Å². The van der Waals surface area contributed by atoms with Crippen LogP contribution in [0.2, 0.25) is 0 Å². The molecule has 0 unspecified atom stereocenters. The third-order valence-electron chi connectivity index (χ3n) is 3.73. The number of rotatable bonds is 15. The molecule has 0 heterocycles. The van der Waals surface area contributed by atoms with Gasteiger partial charge in [0.05, 0.1) is 0 Å². The molecule has 3 N–H and O–H groups in total. The molecule has 0 spiro atoms. The zero-order valence-corrected chi connectivity index (χ0v) is 15.0. The lowest BCUT2D eigenvalue weighted by Gasteiger charge is -2.12. The fourth-order valence-corrected chi connectivity index (χ4v) is 2.30. The van der Waals surface area contributed by atoms with Crippen LogP contribution in [0, 0.1) is 0 Å². The lowest BCUT2D eigenvalue weighted by Crippen LogP contribution is -2.38. The van der Waals surface area contributed by atoms with Gasteiger partial charge in [0.1, 0.15) is 0 Å². The van der Waals surface area contributed by atoms with Crippen LogP contribution in [0.1, 0.15) is 84.5 Å². The van der Waals surface area contributed by atoms with Gasteiger partial charge in [-0.05, 0) is 19.3 Å². The summed E-state index contributed by atoms with van der Waals surface area (Å²) < 4.78 is 0. The lowest BCUT2D eigenvalue weighted by molar-refractivity contribution is 0.289. The molecular formula is C18H39N3O. The molecule has 0 saturated carbocycles. The van der Waals surface area contributed by atoms with Crippen LogP contribution in [0.15, 0.2) is 4.99 Å². The Morgan fingerprint density at radius 1 is 0.727 bits per heavy atom. The van der Waals surface area contributed by atoms with Gasteiger partial charge < -0.3 is 15.7 Å². The molecule has 0 aromatic heterocycles. The molecule has 0 aromatic carbocycles. The molecule has 0 aliphatic carbocycles. The molecule has 0 amide bonds. The van der Waals surface area contributed by atoms with Crippen molar-refractivity contribution in [2.75, 3.05) is 26.2 Å². The molecule has 0 aliphatic rings. The van der Waals surface area contributed by atoms with Gasteiger partial charge in [-0.15, -0.1) is 0 Å². The van der Waals surface area contributed by atoms with Gasteiger partial charge in [-0.1, -0.05) is 65.2 Å². The molecule has 0 aliphatic heterocycles. The average molecular weight is 314 g/mol. The van der Waals surface area contributed by atoms with Crippen molar-refractivity contribution in [3.63, 3.8) is 0 Å². The van der Waals surface area contributed by atoms with E-state index in [1.165, 1.54) is 64.2 Å². The maximum Gasteiger partial charge on any atom is 0.191 e. The topological polar surface area (TPSA) is 56.7 Å². The molecule has 0 aromatic rings. The van der Waals surface area contributed by atoms with Gasteiger partial charge in [-0.2, -0.15) is 0 Å². The van der Waals surface area contributed by atoms with E-state index in [4.69, 9.17) is 5.11 Å². The predicted octanol–water partition coefficient (Wildman–Crippen LogP) is 3.84. The minimum atomic E-state index is 0.230. The van der Waals surface area contributed by atoms with E-state index in [9.17, 15) is 0 Å². The number of aliphatic imine (C=N–C) groups is 1. The Hall–Kier alpha value is -0.770. The van der Waals surface area contributed by atoms with Crippen LogP contribution in [0.25, 0.3) is 0 Å². The van der Waals surface area contributed by atoms with E-state index >= 15 is 0 Å². The Morgan fingerprint density at radius 2 is 1.27 bits per heavy atom. The maximum atomic E-state index is 8.87. The first-order chi connectivity index (χ1) is 10.8. The van der Waals surface area contributed by atoms with Crippen molar-refractivity contribution in [2.45, 2.75) is 84.5 Å².